The Kier molecular flexibility index (Phi) is 4.26. The molecule has 4 rings (SSSR count). The van der Waals surface area contributed by atoms with Gasteiger partial charge in [0.05, 0.1) is 23.6 Å². The van der Waals surface area contributed by atoms with Crippen LogP contribution in [0.25, 0.3) is 11.5 Å². The Morgan fingerprint density at radius 1 is 1.33 bits per heavy atom. The van der Waals surface area contributed by atoms with E-state index in [0.717, 1.165) is 18.4 Å². The molecule has 7 heteroatoms. The van der Waals surface area contributed by atoms with Crippen LogP contribution in [0.2, 0.25) is 5.02 Å². The lowest BCUT2D eigenvalue weighted by molar-refractivity contribution is -0.148. The molecule has 2 fully saturated rings. The quantitative estimate of drug-likeness (QED) is 0.736. The van der Waals surface area contributed by atoms with E-state index in [4.69, 9.17) is 20.8 Å². The van der Waals surface area contributed by atoms with Gasteiger partial charge >= 0.3 is 5.97 Å². The van der Waals surface area contributed by atoms with Crippen LogP contribution in [0.15, 0.2) is 27.8 Å². The van der Waals surface area contributed by atoms with E-state index >= 15 is 0 Å². The van der Waals surface area contributed by atoms with Gasteiger partial charge in [0, 0.05) is 5.25 Å². The summed E-state index contributed by atoms with van der Waals surface area (Å²) >= 11 is 7.88. The monoisotopic (exact) mass is 364 g/mol. The minimum absolute atomic E-state index is 0.000644. The highest BCUT2D eigenvalue weighted by molar-refractivity contribution is 7.99. The van der Waals surface area contributed by atoms with Gasteiger partial charge in [0.1, 0.15) is 0 Å². The van der Waals surface area contributed by atoms with Crippen molar-refractivity contribution in [2.45, 2.75) is 42.1 Å². The number of hydrogen-bond donors (Lipinski definition) is 0. The predicted octanol–water partition coefficient (Wildman–Crippen LogP) is 4.31. The van der Waals surface area contributed by atoms with Crippen molar-refractivity contribution in [2.75, 3.05) is 7.11 Å². The van der Waals surface area contributed by atoms with Crippen molar-refractivity contribution in [1.82, 2.24) is 10.2 Å². The highest BCUT2D eigenvalue weighted by atomic mass is 35.5. The molecule has 0 amide bonds. The molecule has 0 saturated heterocycles. The lowest BCUT2D eigenvalue weighted by Crippen LogP contribution is -2.33. The van der Waals surface area contributed by atoms with Gasteiger partial charge in [-0.2, -0.15) is 0 Å². The number of methoxy groups -OCH3 is 1. The van der Waals surface area contributed by atoms with Crippen LogP contribution in [0.1, 0.15) is 37.2 Å². The summed E-state index contributed by atoms with van der Waals surface area (Å²) in [4.78, 5) is 11.4. The summed E-state index contributed by atoms with van der Waals surface area (Å²) in [6, 6.07) is 6.04. The minimum Gasteiger partial charge on any atom is -0.469 e. The highest BCUT2D eigenvalue weighted by Gasteiger charge is 2.37. The molecular formula is C17H17ClN2O3S. The van der Waals surface area contributed by atoms with E-state index in [1.807, 2.05) is 12.1 Å². The Labute approximate surface area is 149 Å². The molecule has 2 aliphatic carbocycles. The Morgan fingerprint density at radius 2 is 2.12 bits per heavy atom. The summed E-state index contributed by atoms with van der Waals surface area (Å²) in [5.41, 5.74) is 2.04. The molecule has 1 aromatic heterocycles. The minimum atomic E-state index is -0.138. The van der Waals surface area contributed by atoms with Crippen LogP contribution in [-0.2, 0) is 9.53 Å². The molecule has 0 unspecified atom stereocenters. The van der Waals surface area contributed by atoms with Crippen molar-refractivity contribution in [3.8, 4) is 11.5 Å². The topological polar surface area (TPSA) is 65.2 Å². The van der Waals surface area contributed by atoms with E-state index in [-0.39, 0.29) is 11.9 Å². The zero-order valence-electron chi connectivity index (χ0n) is 13.2. The standard InChI is InChI=1S/C17H17ClN2O3S/c1-22-16(21)11-6-12(7-11)24-17-20-19-15(23-17)13-5-4-10(8-14(13)18)9-2-3-9/h4-5,8-9,11-12H,2-3,6-7H2,1H3/t11-,12+. The maximum absolute atomic E-state index is 11.4. The van der Waals surface area contributed by atoms with Crippen LogP contribution in [0.4, 0.5) is 0 Å². The fourth-order valence-electron chi connectivity index (χ4n) is 2.91. The van der Waals surface area contributed by atoms with E-state index in [1.54, 1.807) is 0 Å². The lowest BCUT2D eigenvalue weighted by atomic mass is 9.85. The van der Waals surface area contributed by atoms with Crippen LogP contribution in [0.3, 0.4) is 0 Å². The van der Waals surface area contributed by atoms with Crippen molar-refractivity contribution in [3.05, 3.63) is 28.8 Å². The smallest absolute Gasteiger partial charge is 0.308 e. The number of benzene rings is 1. The van der Waals surface area contributed by atoms with Gasteiger partial charge in [-0.1, -0.05) is 29.4 Å². The normalized spacial score (nSPS) is 22.9. The molecule has 1 heterocycles. The predicted molar refractivity (Wildman–Crippen MR) is 91.1 cm³/mol. The van der Waals surface area contributed by atoms with Gasteiger partial charge < -0.3 is 9.15 Å². The molecule has 24 heavy (non-hydrogen) atoms. The zero-order chi connectivity index (χ0) is 16.7. The van der Waals surface area contributed by atoms with Gasteiger partial charge in [-0.15, -0.1) is 10.2 Å². The summed E-state index contributed by atoms with van der Waals surface area (Å²) in [6.45, 7) is 0. The van der Waals surface area contributed by atoms with Crippen molar-refractivity contribution in [2.24, 2.45) is 5.92 Å². The number of carbonyl (C=O) groups is 1. The third-order valence-corrected chi connectivity index (χ3v) is 5.97. The van der Waals surface area contributed by atoms with E-state index < -0.39 is 0 Å². The summed E-state index contributed by atoms with van der Waals surface area (Å²) in [7, 11) is 1.42. The second-order valence-corrected chi connectivity index (χ2v) is 7.98. The number of hydrogen-bond acceptors (Lipinski definition) is 6. The van der Waals surface area contributed by atoms with Gasteiger partial charge in [-0.3, -0.25) is 4.79 Å². The molecule has 0 spiro atoms. The zero-order valence-corrected chi connectivity index (χ0v) is 14.8. The lowest BCUT2D eigenvalue weighted by Gasteiger charge is -2.31. The van der Waals surface area contributed by atoms with Gasteiger partial charge in [0.15, 0.2) is 0 Å². The van der Waals surface area contributed by atoms with Gasteiger partial charge in [-0.05, 0) is 49.3 Å². The molecule has 1 aromatic carbocycles. The van der Waals surface area contributed by atoms with Crippen LogP contribution in [0, 0.1) is 5.92 Å². The molecule has 0 N–H and O–H groups in total. The number of thioether (sulfide) groups is 1. The van der Waals surface area contributed by atoms with Gasteiger partial charge in [-0.25, -0.2) is 0 Å². The molecule has 0 atom stereocenters. The van der Waals surface area contributed by atoms with E-state index in [0.29, 0.717) is 27.3 Å². The second-order valence-electron chi connectivity index (χ2n) is 6.32. The molecule has 5 nitrogen and oxygen atoms in total. The number of esters is 1. The Balaban J connectivity index is 1.41. The molecule has 2 aliphatic rings. The average molecular weight is 365 g/mol. The summed E-state index contributed by atoms with van der Waals surface area (Å²) in [5, 5.41) is 9.67. The van der Waals surface area contributed by atoms with Crippen molar-refractivity contribution in [3.63, 3.8) is 0 Å². The first-order valence-electron chi connectivity index (χ1n) is 8.02. The van der Waals surface area contributed by atoms with Crippen molar-refractivity contribution < 1.29 is 13.9 Å². The first kappa shape index (κ1) is 16.0. The molecule has 0 aliphatic heterocycles. The van der Waals surface area contributed by atoms with E-state index in [2.05, 4.69) is 16.3 Å². The Hall–Kier alpha value is -1.53. The Bertz CT molecular complexity index is 769. The number of carbonyl (C=O) groups excluding carboxylic acids is 1. The first-order chi connectivity index (χ1) is 11.6. The fraction of sp³-hybridized carbons (Fsp3) is 0.471. The number of aromatic nitrogens is 2. The maximum Gasteiger partial charge on any atom is 0.308 e. The Morgan fingerprint density at radius 3 is 2.79 bits per heavy atom. The maximum atomic E-state index is 11.4. The van der Waals surface area contributed by atoms with Crippen molar-refractivity contribution in [1.29, 1.82) is 0 Å². The second kappa shape index (κ2) is 6.41. The van der Waals surface area contributed by atoms with Crippen LogP contribution in [-0.4, -0.2) is 28.5 Å². The molecule has 2 aromatic rings. The number of nitrogens with zero attached hydrogens (tertiary/aromatic N) is 2. The SMILES string of the molecule is COC(=O)[C@H]1C[C@@H](Sc2nnc(-c3ccc(C4CC4)cc3Cl)o2)C1. The van der Waals surface area contributed by atoms with Gasteiger partial charge in [0.25, 0.3) is 5.22 Å². The number of rotatable bonds is 5. The van der Waals surface area contributed by atoms with E-state index in [1.165, 1.54) is 37.3 Å². The highest BCUT2D eigenvalue weighted by Crippen LogP contribution is 2.43. The summed E-state index contributed by atoms with van der Waals surface area (Å²) in [6.07, 6.45) is 4.05. The molecule has 126 valence electrons. The third-order valence-electron chi connectivity index (χ3n) is 4.58. The number of halogens is 1. The first-order valence-corrected chi connectivity index (χ1v) is 9.27. The molecule has 0 radical (unpaired) electrons. The van der Waals surface area contributed by atoms with Crippen LogP contribution in [0.5, 0.6) is 0 Å². The third kappa shape index (κ3) is 3.17. The molecule has 2 saturated carbocycles. The van der Waals surface area contributed by atoms with Crippen LogP contribution >= 0.6 is 23.4 Å². The molecule has 0 bridgehead atoms. The largest absolute Gasteiger partial charge is 0.469 e. The number of ether oxygens (including phenoxy) is 1. The fourth-order valence-corrected chi connectivity index (χ4v) is 4.33. The summed E-state index contributed by atoms with van der Waals surface area (Å²) in [5.74, 6) is 0.959. The van der Waals surface area contributed by atoms with Crippen molar-refractivity contribution >= 4 is 29.3 Å². The van der Waals surface area contributed by atoms with E-state index in [9.17, 15) is 4.79 Å². The van der Waals surface area contributed by atoms with Gasteiger partial charge in [0.2, 0.25) is 5.89 Å². The summed E-state index contributed by atoms with van der Waals surface area (Å²) < 4.78 is 10.5. The average Bonchev–Trinajstić information content (AvgIpc) is 3.29. The molecular weight excluding hydrogens is 348 g/mol. The van der Waals surface area contributed by atoms with Crippen LogP contribution < -0.4 is 0 Å².